The smallest absolute Gasteiger partial charge is 0.377 e. The molecule has 1 aliphatic heterocycles. The first-order valence-electron chi connectivity index (χ1n) is 9.67. The standard InChI is InChI=1S/C20H21ClF3N3O4S/c21-15-8-7-13(10-18(15)32(29,30)26-11-14-4-3-9-31-14)19(28)27-17-6-2-1-5-16(17)25-12-20(22,23)24/h1-2,5-8,10,14,25-26H,3-4,9,11-12H2,(H,27,28). The average molecular weight is 492 g/mol. The van der Waals surface area contributed by atoms with Gasteiger partial charge in [-0.15, -0.1) is 0 Å². The molecule has 1 fully saturated rings. The van der Waals surface area contributed by atoms with E-state index < -0.39 is 28.7 Å². The summed E-state index contributed by atoms with van der Waals surface area (Å²) in [5.74, 6) is -0.710. The van der Waals surface area contributed by atoms with Gasteiger partial charge in [0, 0.05) is 18.7 Å². The molecule has 0 saturated carbocycles. The Labute approximate surface area is 188 Å². The fraction of sp³-hybridized carbons (Fsp3) is 0.350. The molecule has 2 aromatic rings. The van der Waals surface area contributed by atoms with Gasteiger partial charge in [-0.2, -0.15) is 13.2 Å². The molecule has 0 bridgehead atoms. The van der Waals surface area contributed by atoms with E-state index in [1.807, 2.05) is 0 Å². The lowest BCUT2D eigenvalue weighted by Crippen LogP contribution is -2.32. The van der Waals surface area contributed by atoms with Crippen molar-refractivity contribution < 1.29 is 31.1 Å². The SMILES string of the molecule is O=C(Nc1ccccc1NCC(F)(F)F)c1ccc(Cl)c(S(=O)(=O)NCC2CCCO2)c1. The third-order valence-electron chi connectivity index (χ3n) is 4.66. The van der Waals surface area contributed by atoms with Crippen LogP contribution in [0.1, 0.15) is 23.2 Å². The molecule has 0 radical (unpaired) electrons. The summed E-state index contributed by atoms with van der Waals surface area (Å²) in [5, 5.41) is 4.64. The number of carbonyl (C=O) groups is 1. The number of benzene rings is 2. The van der Waals surface area contributed by atoms with Crippen LogP contribution in [0.2, 0.25) is 5.02 Å². The van der Waals surface area contributed by atoms with Gasteiger partial charge >= 0.3 is 6.18 Å². The van der Waals surface area contributed by atoms with Crippen molar-refractivity contribution >= 4 is 38.9 Å². The highest BCUT2D eigenvalue weighted by Gasteiger charge is 2.27. The molecule has 7 nitrogen and oxygen atoms in total. The maximum atomic E-state index is 12.7. The van der Waals surface area contributed by atoms with E-state index in [9.17, 15) is 26.4 Å². The Morgan fingerprint density at radius 3 is 2.53 bits per heavy atom. The number of ether oxygens (including phenoxy) is 1. The van der Waals surface area contributed by atoms with Crippen LogP contribution in [0.5, 0.6) is 0 Å². The summed E-state index contributed by atoms with van der Waals surface area (Å²) in [6.07, 6.45) is -3.08. The molecule has 0 aliphatic carbocycles. The molecule has 1 aliphatic rings. The quantitative estimate of drug-likeness (QED) is 0.518. The van der Waals surface area contributed by atoms with Gasteiger partial charge in [0.05, 0.1) is 22.5 Å². The summed E-state index contributed by atoms with van der Waals surface area (Å²) in [5.41, 5.74) is 0.147. The van der Waals surface area contributed by atoms with E-state index in [4.69, 9.17) is 16.3 Å². The number of rotatable bonds is 8. The van der Waals surface area contributed by atoms with E-state index in [1.165, 1.54) is 30.3 Å². The minimum Gasteiger partial charge on any atom is -0.377 e. The Morgan fingerprint density at radius 2 is 1.88 bits per heavy atom. The van der Waals surface area contributed by atoms with Crippen LogP contribution in [0.3, 0.4) is 0 Å². The Bertz CT molecular complexity index is 1070. The number of anilines is 2. The van der Waals surface area contributed by atoms with Gasteiger partial charge in [-0.1, -0.05) is 23.7 Å². The maximum Gasteiger partial charge on any atom is 0.405 e. The van der Waals surface area contributed by atoms with Crippen molar-refractivity contribution in [1.82, 2.24) is 4.72 Å². The largest absolute Gasteiger partial charge is 0.405 e. The molecule has 3 N–H and O–H groups in total. The van der Waals surface area contributed by atoms with Gasteiger partial charge in [0.2, 0.25) is 10.0 Å². The number of carbonyl (C=O) groups excluding carboxylic acids is 1. The number of halogens is 4. The molecule has 3 rings (SSSR count). The van der Waals surface area contributed by atoms with Gasteiger partial charge in [-0.25, -0.2) is 13.1 Å². The fourth-order valence-electron chi connectivity index (χ4n) is 3.07. The van der Waals surface area contributed by atoms with Crippen molar-refractivity contribution in [3.05, 3.63) is 53.1 Å². The Hall–Kier alpha value is -2.34. The van der Waals surface area contributed by atoms with Crippen molar-refractivity contribution in [2.75, 3.05) is 30.3 Å². The molecule has 1 unspecified atom stereocenters. The zero-order valence-corrected chi connectivity index (χ0v) is 18.3. The molecule has 32 heavy (non-hydrogen) atoms. The number of nitrogens with one attached hydrogen (secondary N) is 3. The van der Waals surface area contributed by atoms with E-state index in [-0.39, 0.29) is 39.5 Å². The number of hydrogen-bond acceptors (Lipinski definition) is 5. The van der Waals surface area contributed by atoms with E-state index >= 15 is 0 Å². The lowest BCUT2D eigenvalue weighted by molar-refractivity contribution is -0.115. The molecule has 0 aromatic heterocycles. The van der Waals surface area contributed by atoms with Gasteiger partial charge in [0.15, 0.2) is 0 Å². The van der Waals surface area contributed by atoms with Gasteiger partial charge in [-0.05, 0) is 43.2 Å². The molecular formula is C20H21ClF3N3O4S. The minimum atomic E-state index is -4.44. The van der Waals surface area contributed by atoms with Crippen molar-refractivity contribution in [2.45, 2.75) is 30.0 Å². The normalized spacial score (nSPS) is 16.7. The van der Waals surface area contributed by atoms with E-state index in [2.05, 4.69) is 15.4 Å². The molecule has 2 aromatic carbocycles. The number of alkyl halides is 3. The van der Waals surface area contributed by atoms with E-state index in [0.717, 1.165) is 18.9 Å². The lowest BCUT2D eigenvalue weighted by atomic mass is 10.2. The molecule has 1 saturated heterocycles. The van der Waals surface area contributed by atoms with Gasteiger partial charge in [0.25, 0.3) is 5.91 Å². The van der Waals surface area contributed by atoms with Gasteiger partial charge < -0.3 is 15.4 Å². The van der Waals surface area contributed by atoms with Crippen LogP contribution in [-0.4, -0.2) is 46.3 Å². The van der Waals surface area contributed by atoms with Crippen molar-refractivity contribution in [2.24, 2.45) is 0 Å². The minimum absolute atomic E-state index is 0.0301. The van der Waals surface area contributed by atoms with Gasteiger partial charge in [0.1, 0.15) is 11.4 Å². The number of para-hydroxylation sites is 2. The highest BCUT2D eigenvalue weighted by molar-refractivity contribution is 7.89. The first kappa shape index (κ1) is 24.3. The summed E-state index contributed by atoms with van der Waals surface area (Å²) in [7, 11) is -4.02. The monoisotopic (exact) mass is 491 g/mol. The summed E-state index contributed by atoms with van der Waals surface area (Å²) in [4.78, 5) is 12.4. The molecule has 1 atom stereocenters. The second-order valence-electron chi connectivity index (χ2n) is 7.10. The molecule has 0 spiro atoms. The van der Waals surface area contributed by atoms with Crippen LogP contribution in [0, 0.1) is 0 Å². The topological polar surface area (TPSA) is 96.5 Å². The molecule has 1 amide bonds. The van der Waals surface area contributed by atoms with Crippen LogP contribution >= 0.6 is 11.6 Å². The van der Waals surface area contributed by atoms with E-state index in [1.54, 1.807) is 6.07 Å². The third kappa shape index (κ3) is 6.58. The van der Waals surface area contributed by atoms with Crippen LogP contribution < -0.4 is 15.4 Å². The van der Waals surface area contributed by atoms with Crippen LogP contribution in [0.4, 0.5) is 24.5 Å². The van der Waals surface area contributed by atoms with Crippen molar-refractivity contribution in [3.63, 3.8) is 0 Å². The first-order valence-corrected chi connectivity index (χ1v) is 11.5. The highest BCUT2D eigenvalue weighted by atomic mass is 35.5. The Balaban J connectivity index is 1.76. The summed E-state index contributed by atoms with van der Waals surface area (Å²) < 4.78 is 70.7. The fourth-order valence-corrected chi connectivity index (χ4v) is 4.66. The first-order chi connectivity index (χ1) is 15.0. The second kappa shape index (κ2) is 10.1. The van der Waals surface area contributed by atoms with Gasteiger partial charge in [-0.3, -0.25) is 4.79 Å². The lowest BCUT2D eigenvalue weighted by Gasteiger charge is -2.15. The third-order valence-corrected chi connectivity index (χ3v) is 6.57. The maximum absolute atomic E-state index is 12.7. The Kier molecular flexibility index (Phi) is 7.65. The molecule has 174 valence electrons. The summed E-state index contributed by atoms with van der Waals surface area (Å²) in [6.45, 7) is -0.630. The molecule has 1 heterocycles. The van der Waals surface area contributed by atoms with Crippen molar-refractivity contribution in [3.8, 4) is 0 Å². The van der Waals surface area contributed by atoms with Crippen LogP contribution in [-0.2, 0) is 14.8 Å². The van der Waals surface area contributed by atoms with Crippen molar-refractivity contribution in [1.29, 1.82) is 0 Å². The highest BCUT2D eigenvalue weighted by Crippen LogP contribution is 2.26. The van der Waals surface area contributed by atoms with Crippen LogP contribution in [0.15, 0.2) is 47.4 Å². The van der Waals surface area contributed by atoms with E-state index in [0.29, 0.717) is 6.61 Å². The average Bonchev–Trinajstić information content (AvgIpc) is 3.25. The Morgan fingerprint density at radius 1 is 1.16 bits per heavy atom. The number of amides is 1. The predicted octanol–water partition coefficient (Wildman–Crippen LogP) is 4.02. The summed E-state index contributed by atoms with van der Waals surface area (Å²) >= 11 is 6.05. The number of hydrogen-bond donors (Lipinski definition) is 3. The van der Waals surface area contributed by atoms with Crippen LogP contribution in [0.25, 0.3) is 0 Å². The second-order valence-corrected chi connectivity index (χ2v) is 9.24. The predicted molar refractivity (Wildman–Crippen MR) is 115 cm³/mol. The zero-order valence-electron chi connectivity index (χ0n) is 16.7. The summed E-state index contributed by atoms with van der Waals surface area (Å²) in [6, 6.07) is 9.57. The number of sulfonamides is 1. The molecular weight excluding hydrogens is 471 g/mol. The molecule has 12 heteroatoms. The zero-order chi connectivity index (χ0) is 23.4.